The van der Waals surface area contributed by atoms with Gasteiger partial charge >= 0.3 is 0 Å². The molecular formula is C30H32FN5O4S. The number of aromatic nitrogens is 3. The summed E-state index contributed by atoms with van der Waals surface area (Å²) < 4.78 is 26.7. The second-order valence-electron chi connectivity index (χ2n) is 10.6. The molecule has 0 radical (unpaired) electrons. The summed E-state index contributed by atoms with van der Waals surface area (Å²) >= 11 is 1.29. The highest BCUT2D eigenvalue weighted by Gasteiger charge is 2.49. The first-order valence-corrected chi connectivity index (χ1v) is 14.5. The van der Waals surface area contributed by atoms with Gasteiger partial charge in [0.05, 0.1) is 26.2 Å². The van der Waals surface area contributed by atoms with Crippen LogP contribution in [0.1, 0.15) is 42.6 Å². The van der Waals surface area contributed by atoms with Gasteiger partial charge in [-0.05, 0) is 43.4 Å². The first kappa shape index (κ1) is 27.2. The third kappa shape index (κ3) is 5.14. The number of halogens is 1. The summed E-state index contributed by atoms with van der Waals surface area (Å²) in [5.74, 6) is 1.56. The summed E-state index contributed by atoms with van der Waals surface area (Å²) in [6.07, 6.45) is 2.79. The first-order valence-electron chi connectivity index (χ1n) is 13.7. The molecule has 214 valence electrons. The Kier molecular flexibility index (Phi) is 7.37. The maximum Gasteiger partial charge on any atom is 0.281 e. The zero-order chi connectivity index (χ0) is 28.6. The van der Waals surface area contributed by atoms with Crippen molar-refractivity contribution in [3.05, 3.63) is 75.8 Å². The Balaban J connectivity index is 1.34. The minimum absolute atomic E-state index is 0.0716. The second kappa shape index (κ2) is 11.1. The smallest absolute Gasteiger partial charge is 0.281 e. The van der Waals surface area contributed by atoms with Crippen molar-refractivity contribution < 1.29 is 18.7 Å². The van der Waals surface area contributed by atoms with Gasteiger partial charge in [-0.15, -0.1) is 0 Å². The normalized spacial score (nSPS) is 17.5. The molecule has 3 heterocycles. The predicted molar refractivity (Wildman–Crippen MR) is 156 cm³/mol. The van der Waals surface area contributed by atoms with Crippen molar-refractivity contribution in [3.63, 3.8) is 0 Å². The fourth-order valence-corrected chi connectivity index (χ4v) is 6.47. The number of fused-ring (bicyclic) bond motifs is 1. The number of hydrogen-bond acceptors (Lipinski definition) is 8. The molecule has 2 aromatic carbocycles. The molecule has 6 rings (SSSR count). The van der Waals surface area contributed by atoms with Crippen molar-refractivity contribution in [3.8, 4) is 11.5 Å². The minimum atomic E-state index is -0.773. The van der Waals surface area contributed by atoms with Crippen molar-refractivity contribution in [2.45, 2.75) is 50.2 Å². The molecule has 1 atom stereocenters. The van der Waals surface area contributed by atoms with Gasteiger partial charge in [0.25, 0.3) is 5.56 Å². The number of anilines is 1. The van der Waals surface area contributed by atoms with Crippen LogP contribution in [0.3, 0.4) is 0 Å². The number of nitrogens with zero attached hydrogens (tertiary/aromatic N) is 4. The van der Waals surface area contributed by atoms with Crippen LogP contribution in [0.15, 0.2) is 53.3 Å². The summed E-state index contributed by atoms with van der Waals surface area (Å²) in [5, 5.41) is 3.62. The number of alkyl halides is 1. The highest BCUT2D eigenvalue weighted by molar-refractivity contribution is 7.21. The van der Waals surface area contributed by atoms with Gasteiger partial charge in [0.1, 0.15) is 30.0 Å². The lowest BCUT2D eigenvalue weighted by Gasteiger charge is -2.23. The van der Waals surface area contributed by atoms with Crippen molar-refractivity contribution in [2.75, 3.05) is 32.3 Å². The number of amides is 1. The lowest BCUT2D eigenvalue weighted by Crippen LogP contribution is -2.43. The van der Waals surface area contributed by atoms with Gasteiger partial charge in [0, 0.05) is 24.7 Å². The number of rotatable bonds is 10. The summed E-state index contributed by atoms with van der Waals surface area (Å²) in [4.78, 5) is 39.1. The first-order chi connectivity index (χ1) is 20.0. The van der Waals surface area contributed by atoms with Gasteiger partial charge in [0.2, 0.25) is 5.91 Å². The van der Waals surface area contributed by atoms with E-state index in [9.17, 15) is 14.0 Å². The van der Waals surface area contributed by atoms with Gasteiger partial charge < -0.3 is 19.7 Å². The molecule has 2 aromatic heterocycles. The van der Waals surface area contributed by atoms with Crippen LogP contribution in [-0.2, 0) is 23.3 Å². The summed E-state index contributed by atoms with van der Waals surface area (Å²) in [5.41, 5.74) is 0.904. The van der Waals surface area contributed by atoms with E-state index >= 15 is 0 Å². The number of methoxy groups -OCH3 is 2. The molecule has 11 heteroatoms. The highest BCUT2D eigenvalue weighted by Crippen LogP contribution is 2.48. The Morgan fingerprint density at radius 2 is 1.95 bits per heavy atom. The van der Waals surface area contributed by atoms with Gasteiger partial charge in [-0.3, -0.25) is 14.2 Å². The zero-order valence-electron chi connectivity index (χ0n) is 23.1. The number of carbonyl (C=O) groups excluding carboxylic acids is 1. The number of thiazole rings is 1. The Labute approximate surface area is 240 Å². The third-order valence-electron chi connectivity index (χ3n) is 8.03. The van der Waals surface area contributed by atoms with E-state index < -0.39 is 12.1 Å². The molecule has 4 aromatic rings. The molecule has 9 nitrogen and oxygen atoms in total. The Morgan fingerprint density at radius 1 is 1.15 bits per heavy atom. The van der Waals surface area contributed by atoms with E-state index in [0.717, 1.165) is 17.5 Å². The molecule has 1 saturated heterocycles. The minimum Gasteiger partial charge on any atom is -0.497 e. The fourth-order valence-electron chi connectivity index (χ4n) is 5.46. The maximum absolute atomic E-state index is 14.3. The van der Waals surface area contributed by atoms with E-state index in [0.29, 0.717) is 59.6 Å². The van der Waals surface area contributed by atoms with Crippen LogP contribution in [0.2, 0.25) is 0 Å². The number of benzene rings is 2. The van der Waals surface area contributed by atoms with Crippen molar-refractivity contribution in [1.82, 2.24) is 19.9 Å². The van der Waals surface area contributed by atoms with Crippen LogP contribution < -0.4 is 25.2 Å². The van der Waals surface area contributed by atoms with Gasteiger partial charge in [0.15, 0.2) is 15.5 Å². The number of carbonyl (C=O) groups is 1. The standard InChI is InChI=1S/C30H32FN5O4S/c1-39-21-11-10-20(23(15-21)40-2)17-36-27(38)24-26(34-28(36)30(18-31)12-13-30)41-29(33-24)35-14-6-9-22(35)25(37)32-16-19-7-4-3-5-8-19/h3-5,7-8,10-11,15,22H,6,9,12-14,16-18H2,1-2H3,(H,32,37). The molecular weight excluding hydrogens is 545 g/mol. The molecule has 1 aliphatic heterocycles. The van der Waals surface area contributed by atoms with Gasteiger partial charge in [-0.1, -0.05) is 41.7 Å². The Morgan fingerprint density at radius 3 is 2.66 bits per heavy atom. The molecule has 2 aliphatic rings. The largest absolute Gasteiger partial charge is 0.497 e. The molecule has 41 heavy (non-hydrogen) atoms. The van der Waals surface area contributed by atoms with Crippen molar-refractivity contribution >= 4 is 32.7 Å². The average Bonchev–Trinajstić information content (AvgIpc) is 3.43. The molecule has 1 amide bonds. The van der Waals surface area contributed by atoms with E-state index in [1.54, 1.807) is 26.4 Å². The highest BCUT2D eigenvalue weighted by atomic mass is 32.1. The van der Waals surface area contributed by atoms with E-state index in [2.05, 4.69) is 5.32 Å². The average molecular weight is 578 g/mol. The molecule has 1 aliphatic carbocycles. The van der Waals surface area contributed by atoms with E-state index in [1.165, 1.54) is 15.9 Å². The molecule has 0 spiro atoms. The summed E-state index contributed by atoms with van der Waals surface area (Å²) in [6, 6.07) is 14.8. The zero-order valence-corrected chi connectivity index (χ0v) is 23.9. The summed E-state index contributed by atoms with van der Waals surface area (Å²) in [6.45, 7) is 0.667. The monoisotopic (exact) mass is 577 g/mol. The maximum atomic E-state index is 14.3. The topological polar surface area (TPSA) is 98.6 Å². The van der Waals surface area contributed by atoms with Gasteiger partial charge in [-0.2, -0.15) is 0 Å². The molecule has 1 unspecified atom stereocenters. The van der Waals surface area contributed by atoms with E-state index in [4.69, 9.17) is 19.4 Å². The van der Waals surface area contributed by atoms with Crippen LogP contribution >= 0.6 is 11.3 Å². The second-order valence-corrected chi connectivity index (χ2v) is 11.6. The van der Waals surface area contributed by atoms with Crippen LogP contribution in [0.4, 0.5) is 9.52 Å². The Hall–Kier alpha value is -3.99. The van der Waals surface area contributed by atoms with Crippen molar-refractivity contribution in [2.24, 2.45) is 0 Å². The van der Waals surface area contributed by atoms with Crippen LogP contribution in [0.25, 0.3) is 10.3 Å². The van der Waals surface area contributed by atoms with Gasteiger partial charge in [-0.25, -0.2) is 14.4 Å². The number of hydrogen-bond donors (Lipinski definition) is 1. The third-order valence-corrected chi connectivity index (χ3v) is 9.01. The Bertz CT molecular complexity index is 1640. The number of nitrogens with one attached hydrogen (secondary N) is 1. The fraction of sp³-hybridized carbons (Fsp3) is 0.400. The molecule has 0 bridgehead atoms. The van der Waals surface area contributed by atoms with Crippen LogP contribution in [0, 0.1) is 0 Å². The van der Waals surface area contributed by atoms with E-state index in [1.807, 2.05) is 41.3 Å². The van der Waals surface area contributed by atoms with Crippen LogP contribution in [-0.4, -0.2) is 53.9 Å². The lowest BCUT2D eigenvalue weighted by atomic mass is 10.1. The lowest BCUT2D eigenvalue weighted by molar-refractivity contribution is -0.122. The summed E-state index contributed by atoms with van der Waals surface area (Å²) in [7, 11) is 3.13. The van der Waals surface area contributed by atoms with Crippen LogP contribution in [0.5, 0.6) is 11.5 Å². The molecule has 2 fully saturated rings. The molecule has 1 saturated carbocycles. The predicted octanol–water partition coefficient (Wildman–Crippen LogP) is 4.20. The van der Waals surface area contributed by atoms with E-state index in [-0.39, 0.29) is 29.6 Å². The SMILES string of the molecule is COc1ccc(Cn2c(C3(CF)CC3)nc3sc(N4CCCC4C(=O)NCc4ccccc4)nc3c2=O)c(OC)c1. The quantitative estimate of drug-likeness (QED) is 0.302. The van der Waals surface area contributed by atoms with Crippen molar-refractivity contribution in [1.29, 1.82) is 0 Å². The number of ether oxygens (including phenoxy) is 2. The molecule has 1 N–H and O–H groups in total.